The average Bonchev–Trinajstić information content (AvgIpc) is 2.79. The van der Waals surface area contributed by atoms with Gasteiger partial charge in [-0.15, -0.1) is 11.3 Å². The number of nitrogens with one attached hydrogen (secondary N) is 1. The van der Waals surface area contributed by atoms with Crippen molar-refractivity contribution in [2.24, 2.45) is 5.73 Å². The van der Waals surface area contributed by atoms with E-state index in [4.69, 9.17) is 10.8 Å². The van der Waals surface area contributed by atoms with Gasteiger partial charge in [0, 0.05) is 11.1 Å². The second-order valence-corrected chi connectivity index (χ2v) is 4.69. The highest BCUT2D eigenvalue weighted by atomic mass is 32.1. The fourth-order valence-electron chi connectivity index (χ4n) is 1.44. The predicted octanol–water partition coefficient (Wildman–Crippen LogP) is 2.28. The number of carboxylic acid groups (broad SMARTS) is 1. The quantitative estimate of drug-likeness (QED) is 0.787. The van der Waals surface area contributed by atoms with Crippen molar-refractivity contribution in [3.63, 3.8) is 0 Å². The number of hydrogen-bond acceptors (Lipinski definition) is 5. The first-order valence-electron chi connectivity index (χ1n) is 5.34. The monoisotopic (exact) mass is 263 g/mol. The minimum atomic E-state index is -1.08. The van der Waals surface area contributed by atoms with Crippen LogP contribution in [-0.4, -0.2) is 16.1 Å². The van der Waals surface area contributed by atoms with E-state index >= 15 is 0 Å². The maximum absolute atomic E-state index is 10.7. The summed E-state index contributed by atoms with van der Waals surface area (Å²) in [6, 6.07) is 6.72. The molecule has 1 aromatic carbocycles. The number of aromatic nitrogens is 1. The lowest BCUT2D eigenvalue weighted by molar-refractivity contribution is -0.138. The van der Waals surface area contributed by atoms with Crippen molar-refractivity contribution in [2.45, 2.75) is 13.0 Å². The molecule has 1 heterocycles. The Hall–Kier alpha value is -1.92. The van der Waals surface area contributed by atoms with Crippen molar-refractivity contribution in [1.82, 2.24) is 4.98 Å². The average molecular weight is 263 g/mol. The molecule has 1 aromatic heterocycles. The maximum Gasteiger partial charge on any atom is 0.326 e. The lowest BCUT2D eigenvalue weighted by atomic mass is 10.2. The number of anilines is 2. The molecule has 18 heavy (non-hydrogen) atoms. The molecule has 6 heteroatoms. The summed E-state index contributed by atoms with van der Waals surface area (Å²) >= 11 is 1.33. The zero-order valence-corrected chi connectivity index (χ0v) is 10.6. The summed E-state index contributed by atoms with van der Waals surface area (Å²) in [6.07, 6.45) is 0. The number of nitrogens with two attached hydrogens (primary N) is 1. The number of carboxylic acids is 1. The molecule has 0 saturated carbocycles. The van der Waals surface area contributed by atoms with Crippen LogP contribution in [0.25, 0.3) is 0 Å². The first-order chi connectivity index (χ1) is 8.58. The molecule has 0 fully saturated rings. The summed E-state index contributed by atoms with van der Waals surface area (Å²) in [7, 11) is 0. The lowest BCUT2D eigenvalue weighted by Crippen LogP contribution is -2.20. The summed E-state index contributed by atoms with van der Waals surface area (Å²) in [4.78, 5) is 14.9. The molecular formula is C12H13N3O2S. The van der Waals surface area contributed by atoms with E-state index in [1.165, 1.54) is 11.3 Å². The lowest BCUT2D eigenvalue weighted by Gasteiger charge is -2.05. The van der Waals surface area contributed by atoms with Gasteiger partial charge in [-0.2, -0.15) is 0 Å². The van der Waals surface area contributed by atoms with E-state index in [-0.39, 0.29) is 0 Å². The summed E-state index contributed by atoms with van der Waals surface area (Å²) in [5.41, 5.74) is 7.90. The van der Waals surface area contributed by atoms with Gasteiger partial charge in [-0.05, 0) is 18.6 Å². The summed E-state index contributed by atoms with van der Waals surface area (Å²) < 4.78 is 0. The Kier molecular flexibility index (Phi) is 3.59. The minimum Gasteiger partial charge on any atom is -0.480 e. The largest absolute Gasteiger partial charge is 0.480 e. The first kappa shape index (κ1) is 12.5. The molecule has 1 atom stereocenters. The van der Waals surface area contributed by atoms with Crippen molar-refractivity contribution in [3.8, 4) is 0 Å². The topological polar surface area (TPSA) is 88.2 Å². The molecule has 1 unspecified atom stereocenters. The van der Waals surface area contributed by atoms with Gasteiger partial charge in [-0.3, -0.25) is 4.79 Å². The summed E-state index contributed by atoms with van der Waals surface area (Å²) in [5.74, 6) is -1.08. The van der Waals surface area contributed by atoms with E-state index in [2.05, 4.69) is 10.3 Å². The molecule has 0 aliphatic heterocycles. The number of aliphatic carboxylic acids is 1. The van der Waals surface area contributed by atoms with Gasteiger partial charge in [0.15, 0.2) is 5.13 Å². The van der Waals surface area contributed by atoms with Gasteiger partial charge in [0.05, 0.1) is 5.69 Å². The molecule has 4 N–H and O–H groups in total. The molecule has 2 rings (SSSR count). The molecule has 5 nitrogen and oxygen atoms in total. The third kappa shape index (κ3) is 2.66. The van der Waals surface area contributed by atoms with Crippen LogP contribution in [0.15, 0.2) is 29.6 Å². The van der Waals surface area contributed by atoms with Crippen LogP contribution >= 0.6 is 11.3 Å². The van der Waals surface area contributed by atoms with Gasteiger partial charge < -0.3 is 16.2 Å². The number of thiazole rings is 1. The number of hydrogen-bond donors (Lipinski definition) is 3. The zero-order chi connectivity index (χ0) is 13.1. The van der Waals surface area contributed by atoms with E-state index in [1.54, 1.807) is 5.38 Å². The number of aryl methyl sites for hydroxylation is 1. The van der Waals surface area contributed by atoms with Gasteiger partial charge in [-0.25, -0.2) is 4.98 Å². The van der Waals surface area contributed by atoms with E-state index < -0.39 is 12.0 Å². The molecule has 0 spiro atoms. The van der Waals surface area contributed by atoms with Crippen molar-refractivity contribution >= 4 is 28.1 Å². The predicted molar refractivity (Wildman–Crippen MR) is 71.1 cm³/mol. The smallest absolute Gasteiger partial charge is 0.326 e. The SMILES string of the molecule is Cc1ccccc1Nc1nc(C(N)C(=O)O)cs1. The van der Waals surface area contributed by atoms with Crippen LogP contribution in [-0.2, 0) is 4.79 Å². The Balaban J connectivity index is 2.17. The molecule has 0 amide bonds. The third-order valence-corrected chi connectivity index (χ3v) is 3.27. The second-order valence-electron chi connectivity index (χ2n) is 3.83. The van der Waals surface area contributed by atoms with Gasteiger partial charge in [0.1, 0.15) is 6.04 Å². The molecular weight excluding hydrogens is 250 g/mol. The number of rotatable bonds is 4. The fourth-order valence-corrected chi connectivity index (χ4v) is 2.20. The highest BCUT2D eigenvalue weighted by molar-refractivity contribution is 7.13. The second kappa shape index (κ2) is 5.16. The van der Waals surface area contributed by atoms with E-state index in [9.17, 15) is 4.79 Å². The van der Waals surface area contributed by atoms with E-state index in [0.29, 0.717) is 10.8 Å². The van der Waals surface area contributed by atoms with Crippen molar-refractivity contribution in [3.05, 3.63) is 40.9 Å². The Labute approximate surface area is 108 Å². The Morgan fingerprint density at radius 3 is 2.89 bits per heavy atom. The fraction of sp³-hybridized carbons (Fsp3) is 0.167. The first-order valence-corrected chi connectivity index (χ1v) is 6.22. The summed E-state index contributed by atoms with van der Waals surface area (Å²) in [5, 5.41) is 14.2. The van der Waals surface area contributed by atoms with Gasteiger partial charge in [-0.1, -0.05) is 18.2 Å². The van der Waals surface area contributed by atoms with Gasteiger partial charge in [0.2, 0.25) is 0 Å². The Bertz CT molecular complexity index is 568. The van der Waals surface area contributed by atoms with Crippen LogP contribution < -0.4 is 11.1 Å². The Morgan fingerprint density at radius 2 is 2.22 bits per heavy atom. The van der Waals surface area contributed by atoms with E-state index in [0.717, 1.165) is 11.3 Å². The number of para-hydroxylation sites is 1. The minimum absolute atomic E-state index is 0.364. The van der Waals surface area contributed by atoms with Crippen LogP contribution in [0.4, 0.5) is 10.8 Å². The Morgan fingerprint density at radius 1 is 1.50 bits per heavy atom. The van der Waals surface area contributed by atoms with Crippen LogP contribution in [0.2, 0.25) is 0 Å². The molecule has 0 saturated heterocycles. The summed E-state index contributed by atoms with van der Waals surface area (Å²) in [6.45, 7) is 1.99. The number of benzene rings is 1. The van der Waals surface area contributed by atoms with Crippen LogP contribution in [0.5, 0.6) is 0 Å². The highest BCUT2D eigenvalue weighted by Crippen LogP contribution is 2.25. The number of carbonyl (C=O) groups is 1. The molecule has 0 bridgehead atoms. The van der Waals surface area contributed by atoms with Crippen molar-refractivity contribution in [1.29, 1.82) is 0 Å². The van der Waals surface area contributed by atoms with Crippen LogP contribution in [0, 0.1) is 6.92 Å². The number of nitrogens with zero attached hydrogens (tertiary/aromatic N) is 1. The molecule has 0 aliphatic carbocycles. The molecule has 94 valence electrons. The maximum atomic E-state index is 10.7. The van der Waals surface area contributed by atoms with Crippen LogP contribution in [0.3, 0.4) is 0 Å². The highest BCUT2D eigenvalue weighted by Gasteiger charge is 2.17. The zero-order valence-electron chi connectivity index (χ0n) is 9.75. The van der Waals surface area contributed by atoms with Crippen molar-refractivity contribution in [2.75, 3.05) is 5.32 Å². The van der Waals surface area contributed by atoms with Crippen molar-refractivity contribution < 1.29 is 9.90 Å². The van der Waals surface area contributed by atoms with Gasteiger partial charge >= 0.3 is 5.97 Å². The third-order valence-electron chi connectivity index (χ3n) is 2.49. The molecule has 2 aromatic rings. The van der Waals surface area contributed by atoms with Crippen LogP contribution in [0.1, 0.15) is 17.3 Å². The molecule has 0 aliphatic rings. The molecule has 0 radical (unpaired) electrons. The van der Waals surface area contributed by atoms with E-state index in [1.807, 2.05) is 31.2 Å². The standard InChI is InChI=1S/C12H13N3O2S/c1-7-4-2-3-5-8(7)14-12-15-9(6-18-12)10(13)11(16)17/h2-6,10H,13H2,1H3,(H,14,15)(H,16,17). The van der Waals surface area contributed by atoms with Gasteiger partial charge in [0.25, 0.3) is 0 Å². The normalized spacial score (nSPS) is 12.1.